The van der Waals surface area contributed by atoms with Gasteiger partial charge in [0.15, 0.2) is 23.3 Å². The monoisotopic (exact) mass is 618 g/mol. The van der Waals surface area contributed by atoms with Crippen molar-refractivity contribution in [3.05, 3.63) is 114 Å². The molecule has 1 saturated carbocycles. The maximum absolute atomic E-state index is 15.1. The van der Waals surface area contributed by atoms with Gasteiger partial charge in [0.2, 0.25) is 0 Å². The van der Waals surface area contributed by atoms with E-state index in [1.54, 1.807) is 12.4 Å². The molecule has 1 aliphatic rings. The van der Waals surface area contributed by atoms with Crippen LogP contribution in [0.15, 0.2) is 67.5 Å². The van der Waals surface area contributed by atoms with Crippen LogP contribution in [0, 0.1) is 40.8 Å². The Morgan fingerprint density at radius 2 is 1.36 bits per heavy atom. The molecule has 0 saturated heterocycles. The lowest BCUT2D eigenvalue weighted by molar-refractivity contribution is -0.189. The van der Waals surface area contributed by atoms with E-state index in [-0.39, 0.29) is 23.5 Å². The first-order valence-electron chi connectivity index (χ1n) is 13.9. The van der Waals surface area contributed by atoms with Crippen molar-refractivity contribution in [3.63, 3.8) is 0 Å². The maximum atomic E-state index is 15.1. The number of aromatic nitrogens is 2. The van der Waals surface area contributed by atoms with Crippen LogP contribution < -0.4 is 4.74 Å². The van der Waals surface area contributed by atoms with Crippen molar-refractivity contribution in [2.24, 2.45) is 5.92 Å². The molecule has 230 valence electrons. The number of alkyl halides is 2. The molecule has 5 rings (SSSR count). The van der Waals surface area contributed by atoms with Gasteiger partial charge in [0.05, 0.1) is 0 Å². The van der Waals surface area contributed by atoms with Crippen molar-refractivity contribution in [1.82, 2.24) is 9.97 Å². The quantitative estimate of drug-likeness (QED) is 0.106. The van der Waals surface area contributed by atoms with Crippen LogP contribution >= 0.6 is 0 Å². The third kappa shape index (κ3) is 6.61. The van der Waals surface area contributed by atoms with E-state index in [1.165, 1.54) is 12.1 Å². The Labute approximate surface area is 248 Å². The molecule has 0 atom stereocenters. The Balaban J connectivity index is 1.32. The van der Waals surface area contributed by atoms with Gasteiger partial charge in [0, 0.05) is 35.7 Å². The van der Waals surface area contributed by atoms with Crippen LogP contribution in [0.5, 0.6) is 5.75 Å². The molecule has 3 nitrogen and oxygen atoms in total. The lowest BCUT2D eigenvalue weighted by atomic mass is 9.78. The van der Waals surface area contributed by atoms with Crippen LogP contribution in [0.1, 0.15) is 55.6 Å². The van der Waals surface area contributed by atoms with E-state index < -0.39 is 57.9 Å². The fourth-order valence-electron chi connectivity index (χ4n) is 5.52. The third-order valence-electron chi connectivity index (χ3n) is 7.84. The predicted octanol–water partition coefficient (Wildman–Crippen LogP) is 10.0. The van der Waals surface area contributed by atoms with E-state index in [4.69, 9.17) is 0 Å². The minimum absolute atomic E-state index is 0.0987. The summed E-state index contributed by atoms with van der Waals surface area (Å²) in [5.74, 6) is -10.1. The molecule has 4 aromatic rings. The summed E-state index contributed by atoms with van der Waals surface area (Å²) in [6, 6.07) is 4.84. The van der Waals surface area contributed by atoms with Gasteiger partial charge < -0.3 is 4.74 Å². The van der Waals surface area contributed by atoms with Crippen LogP contribution in [0.4, 0.5) is 35.1 Å². The first-order chi connectivity index (χ1) is 21.0. The first-order valence-corrected chi connectivity index (χ1v) is 13.9. The Morgan fingerprint density at radius 3 is 1.93 bits per heavy atom. The highest BCUT2D eigenvalue weighted by atomic mass is 19.3. The molecule has 0 bridgehead atoms. The summed E-state index contributed by atoms with van der Waals surface area (Å²) in [6.45, 7) is 3.78. The van der Waals surface area contributed by atoms with Crippen molar-refractivity contribution in [2.45, 2.75) is 50.6 Å². The summed E-state index contributed by atoms with van der Waals surface area (Å²) < 4.78 is 118. The fraction of sp³-hybridized carbons (Fsp3) is 0.273. The minimum atomic E-state index is -4.76. The zero-order valence-electron chi connectivity index (χ0n) is 23.2. The summed E-state index contributed by atoms with van der Waals surface area (Å²) in [5, 5.41) is 0. The fourth-order valence-corrected chi connectivity index (χ4v) is 5.52. The van der Waals surface area contributed by atoms with Gasteiger partial charge in [-0.25, -0.2) is 36.3 Å². The van der Waals surface area contributed by atoms with Gasteiger partial charge in [0.25, 0.3) is 0 Å². The van der Waals surface area contributed by atoms with E-state index in [0.29, 0.717) is 29.5 Å². The molecule has 1 heterocycles. The normalized spacial score (nSPS) is 17.0. The van der Waals surface area contributed by atoms with Gasteiger partial charge in [-0.05, 0) is 79.7 Å². The summed E-state index contributed by atoms with van der Waals surface area (Å²) >= 11 is 0. The molecular weight excluding hydrogens is 592 g/mol. The van der Waals surface area contributed by atoms with Crippen LogP contribution in [-0.2, 0) is 6.11 Å². The second-order valence-corrected chi connectivity index (χ2v) is 10.8. The molecule has 0 radical (unpaired) electrons. The number of nitrogens with zero attached hydrogens (tertiary/aromatic N) is 2. The number of halogens is 8. The molecule has 3 aromatic carbocycles. The molecule has 0 amide bonds. The number of ether oxygens (including phenoxy) is 1. The van der Waals surface area contributed by atoms with Gasteiger partial charge in [-0.15, -0.1) is 6.58 Å². The molecule has 1 aromatic heterocycles. The number of rotatable bonds is 9. The molecule has 1 fully saturated rings. The molecule has 0 unspecified atom stereocenters. The van der Waals surface area contributed by atoms with Crippen LogP contribution in [0.2, 0.25) is 0 Å². The van der Waals surface area contributed by atoms with E-state index in [9.17, 15) is 30.7 Å². The molecule has 11 heteroatoms. The van der Waals surface area contributed by atoms with Gasteiger partial charge in [-0.3, -0.25) is 0 Å². The second-order valence-electron chi connectivity index (χ2n) is 10.8. The Morgan fingerprint density at radius 1 is 0.773 bits per heavy atom. The smallest absolute Gasteiger partial charge is 0.429 e. The molecule has 1 aliphatic carbocycles. The molecule has 0 spiro atoms. The average molecular weight is 619 g/mol. The van der Waals surface area contributed by atoms with E-state index in [0.717, 1.165) is 50.2 Å². The zero-order chi connectivity index (χ0) is 31.6. The highest BCUT2D eigenvalue weighted by molar-refractivity contribution is 5.69. The Hall–Kier alpha value is -4.28. The maximum Gasteiger partial charge on any atom is 0.432 e. The number of hydrogen-bond acceptors (Lipinski definition) is 3. The average Bonchev–Trinajstić information content (AvgIpc) is 2.98. The standard InChI is InChI=1S/C33H26F8N2O/c1-2-3-4-18-5-7-19(8-6-18)22-16-42-32(43-17-22)20-9-10-24(25(34)11-20)21-12-26(35)30(27(36)13-21)33(40,41)44-23-14-28(37)31(39)29(38)15-23/h2,9-19H,1,3-8H2. The van der Waals surface area contributed by atoms with Crippen LogP contribution in [0.3, 0.4) is 0 Å². The predicted molar refractivity (Wildman–Crippen MR) is 148 cm³/mol. The van der Waals surface area contributed by atoms with E-state index >= 15 is 4.39 Å². The highest BCUT2D eigenvalue weighted by Crippen LogP contribution is 2.39. The van der Waals surface area contributed by atoms with Crippen molar-refractivity contribution in [3.8, 4) is 28.3 Å². The summed E-state index contributed by atoms with van der Waals surface area (Å²) in [6.07, 6.45) is 7.04. The summed E-state index contributed by atoms with van der Waals surface area (Å²) in [4.78, 5) is 8.75. The van der Waals surface area contributed by atoms with Gasteiger partial charge in [0.1, 0.15) is 28.8 Å². The summed E-state index contributed by atoms with van der Waals surface area (Å²) in [7, 11) is 0. The first kappa shape index (κ1) is 31.2. The number of benzene rings is 3. The van der Waals surface area contributed by atoms with Crippen molar-refractivity contribution in [2.75, 3.05) is 0 Å². The minimum Gasteiger partial charge on any atom is -0.429 e. The number of allylic oxidation sites excluding steroid dienone is 1. The van der Waals surface area contributed by atoms with E-state index in [2.05, 4.69) is 21.3 Å². The number of hydrogen-bond donors (Lipinski definition) is 0. The molecular formula is C33H26F8N2O. The Bertz CT molecular complexity index is 1620. The second kappa shape index (κ2) is 12.8. The van der Waals surface area contributed by atoms with Gasteiger partial charge >= 0.3 is 6.11 Å². The largest absolute Gasteiger partial charge is 0.432 e. The third-order valence-corrected chi connectivity index (χ3v) is 7.84. The lowest BCUT2D eigenvalue weighted by Gasteiger charge is -2.28. The highest BCUT2D eigenvalue weighted by Gasteiger charge is 2.41. The van der Waals surface area contributed by atoms with Crippen molar-refractivity contribution in [1.29, 1.82) is 0 Å². The molecule has 0 aliphatic heterocycles. The SMILES string of the molecule is C=CCCC1CCC(c2cnc(-c3ccc(-c4cc(F)c(C(F)(F)Oc5cc(F)c(F)c(F)c5)c(F)c4)c(F)c3)nc2)CC1. The van der Waals surface area contributed by atoms with Crippen LogP contribution in [0.25, 0.3) is 22.5 Å². The van der Waals surface area contributed by atoms with Crippen molar-refractivity contribution >= 4 is 0 Å². The van der Waals surface area contributed by atoms with Crippen LogP contribution in [-0.4, -0.2) is 9.97 Å². The zero-order valence-corrected chi connectivity index (χ0v) is 23.2. The lowest BCUT2D eigenvalue weighted by Crippen LogP contribution is -2.25. The summed E-state index contributed by atoms with van der Waals surface area (Å²) in [5.41, 5.74) is -1.30. The molecule has 44 heavy (non-hydrogen) atoms. The molecule has 0 N–H and O–H groups in total. The Kier molecular flexibility index (Phi) is 9.03. The van der Waals surface area contributed by atoms with E-state index in [1.807, 2.05) is 6.08 Å². The van der Waals surface area contributed by atoms with Crippen molar-refractivity contribution < 1.29 is 39.9 Å². The topological polar surface area (TPSA) is 35.0 Å². The van der Waals surface area contributed by atoms with Gasteiger partial charge in [-0.2, -0.15) is 8.78 Å². The van der Waals surface area contributed by atoms with Gasteiger partial charge in [-0.1, -0.05) is 18.2 Å².